The molecule has 0 atom stereocenters. The molecule has 0 saturated carbocycles. The maximum atomic E-state index is 4.62. The summed E-state index contributed by atoms with van der Waals surface area (Å²) in [4.78, 5) is 14.6. The van der Waals surface area contributed by atoms with Crippen molar-refractivity contribution in [2.75, 3.05) is 13.6 Å². The standard InChI is InChI=1S/C19H26N6S.HI/c1-4-15-12-22-18(26-15)13-23-19(20-3)21-10-7-11-25-14(2)24-16-8-5-6-9-17(16)25;/h5-6,8-9,12H,4,7,10-11,13H2,1-3H3,(H2,20,21,23);1H. The molecular weight excluding hydrogens is 471 g/mol. The van der Waals surface area contributed by atoms with E-state index in [1.807, 2.05) is 12.3 Å². The number of thiazole rings is 1. The van der Waals surface area contributed by atoms with Gasteiger partial charge in [-0.25, -0.2) is 9.97 Å². The number of aliphatic imine (C=N–C) groups is 1. The number of guanidine groups is 1. The monoisotopic (exact) mass is 498 g/mol. The Balaban J connectivity index is 0.00000261. The first-order valence-corrected chi connectivity index (χ1v) is 9.83. The molecule has 0 saturated heterocycles. The molecule has 146 valence electrons. The number of nitrogens with one attached hydrogen (secondary N) is 2. The van der Waals surface area contributed by atoms with E-state index in [0.717, 1.165) is 48.2 Å². The number of nitrogens with zero attached hydrogens (tertiary/aromatic N) is 4. The van der Waals surface area contributed by atoms with E-state index < -0.39 is 0 Å². The van der Waals surface area contributed by atoms with Crippen LogP contribution < -0.4 is 10.6 Å². The van der Waals surface area contributed by atoms with Gasteiger partial charge in [0.1, 0.15) is 10.8 Å². The molecule has 27 heavy (non-hydrogen) atoms. The molecule has 6 nitrogen and oxygen atoms in total. The van der Waals surface area contributed by atoms with E-state index in [-0.39, 0.29) is 24.0 Å². The van der Waals surface area contributed by atoms with Crippen molar-refractivity contribution in [1.82, 2.24) is 25.2 Å². The zero-order valence-corrected chi connectivity index (χ0v) is 19.2. The number of halogens is 1. The van der Waals surface area contributed by atoms with Gasteiger partial charge in [0.05, 0.1) is 17.6 Å². The first kappa shape index (κ1) is 21.6. The second-order valence-corrected chi connectivity index (χ2v) is 7.28. The van der Waals surface area contributed by atoms with Crippen molar-refractivity contribution >= 4 is 52.3 Å². The molecule has 0 fully saturated rings. The molecule has 0 aliphatic heterocycles. The lowest BCUT2D eigenvalue weighted by Crippen LogP contribution is -2.37. The van der Waals surface area contributed by atoms with Crippen molar-refractivity contribution < 1.29 is 0 Å². The van der Waals surface area contributed by atoms with E-state index in [1.165, 1.54) is 10.4 Å². The Morgan fingerprint density at radius 1 is 1.26 bits per heavy atom. The predicted molar refractivity (Wildman–Crippen MR) is 124 cm³/mol. The zero-order valence-electron chi connectivity index (χ0n) is 16.0. The second-order valence-electron chi connectivity index (χ2n) is 6.08. The Bertz CT molecular complexity index is 885. The Hall–Kier alpha value is -1.68. The van der Waals surface area contributed by atoms with E-state index in [4.69, 9.17) is 0 Å². The van der Waals surface area contributed by atoms with E-state index in [2.05, 4.69) is 62.2 Å². The van der Waals surface area contributed by atoms with Crippen molar-refractivity contribution in [3.05, 3.63) is 46.2 Å². The van der Waals surface area contributed by atoms with Crippen LogP contribution in [0.15, 0.2) is 35.5 Å². The fourth-order valence-electron chi connectivity index (χ4n) is 2.90. The van der Waals surface area contributed by atoms with Gasteiger partial charge >= 0.3 is 0 Å². The van der Waals surface area contributed by atoms with Crippen LogP contribution in [0, 0.1) is 6.92 Å². The molecule has 0 aliphatic carbocycles. The van der Waals surface area contributed by atoms with Crippen molar-refractivity contribution in [3.8, 4) is 0 Å². The van der Waals surface area contributed by atoms with Crippen molar-refractivity contribution in [1.29, 1.82) is 0 Å². The number of aromatic nitrogens is 3. The van der Waals surface area contributed by atoms with Gasteiger partial charge in [-0.3, -0.25) is 4.99 Å². The minimum Gasteiger partial charge on any atom is -0.356 e. The molecular formula is C19H27IN6S. The van der Waals surface area contributed by atoms with Gasteiger partial charge in [-0.05, 0) is 31.9 Å². The molecule has 3 rings (SSSR count). The molecule has 0 aliphatic rings. The second kappa shape index (κ2) is 10.6. The topological polar surface area (TPSA) is 67.1 Å². The summed E-state index contributed by atoms with van der Waals surface area (Å²) >= 11 is 1.75. The van der Waals surface area contributed by atoms with Crippen LogP contribution in [0.3, 0.4) is 0 Å². The van der Waals surface area contributed by atoms with E-state index in [0.29, 0.717) is 6.54 Å². The summed E-state index contributed by atoms with van der Waals surface area (Å²) in [6.45, 7) is 6.70. The van der Waals surface area contributed by atoms with Gasteiger partial charge in [-0.1, -0.05) is 19.1 Å². The van der Waals surface area contributed by atoms with E-state index in [9.17, 15) is 0 Å². The third-order valence-corrected chi connectivity index (χ3v) is 5.42. The summed E-state index contributed by atoms with van der Waals surface area (Å²) < 4.78 is 2.27. The average Bonchev–Trinajstić information content (AvgIpc) is 3.25. The van der Waals surface area contributed by atoms with Gasteiger partial charge in [-0.2, -0.15) is 0 Å². The molecule has 1 aromatic carbocycles. The molecule has 2 aromatic heterocycles. The smallest absolute Gasteiger partial charge is 0.191 e. The third kappa shape index (κ3) is 5.65. The van der Waals surface area contributed by atoms with E-state index >= 15 is 0 Å². The van der Waals surface area contributed by atoms with Gasteiger partial charge in [0.25, 0.3) is 0 Å². The summed E-state index contributed by atoms with van der Waals surface area (Å²) in [5, 5.41) is 7.79. The van der Waals surface area contributed by atoms with Gasteiger partial charge in [0.2, 0.25) is 0 Å². The van der Waals surface area contributed by atoms with Crippen LogP contribution >= 0.6 is 35.3 Å². The molecule has 0 radical (unpaired) electrons. The molecule has 0 amide bonds. The lowest BCUT2D eigenvalue weighted by molar-refractivity contribution is 0.624. The Morgan fingerprint density at radius 2 is 2.07 bits per heavy atom. The number of para-hydroxylation sites is 2. The summed E-state index contributed by atoms with van der Waals surface area (Å²) in [6, 6.07) is 8.28. The lowest BCUT2D eigenvalue weighted by Gasteiger charge is -2.12. The van der Waals surface area contributed by atoms with Gasteiger partial charge in [0, 0.05) is 31.2 Å². The van der Waals surface area contributed by atoms with Crippen molar-refractivity contribution in [2.24, 2.45) is 4.99 Å². The number of rotatable bonds is 7. The molecule has 0 bridgehead atoms. The maximum Gasteiger partial charge on any atom is 0.191 e. The first-order valence-electron chi connectivity index (χ1n) is 9.01. The molecule has 0 unspecified atom stereocenters. The van der Waals surface area contributed by atoms with Crippen LogP contribution in [0.25, 0.3) is 11.0 Å². The van der Waals surface area contributed by atoms with Crippen molar-refractivity contribution in [2.45, 2.75) is 39.8 Å². The zero-order chi connectivity index (χ0) is 18.4. The van der Waals surface area contributed by atoms with Crippen LogP contribution in [0.2, 0.25) is 0 Å². The summed E-state index contributed by atoms with van der Waals surface area (Å²) in [7, 11) is 1.79. The van der Waals surface area contributed by atoms with Crippen LogP contribution in [-0.2, 0) is 19.5 Å². The molecule has 3 aromatic rings. The number of benzene rings is 1. The molecule has 8 heteroatoms. The summed E-state index contributed by atoms with van der Waals surface area (Å²) in [5.41, 5.74) is 2.26. The number of hydrogen-bond acceptors (Lipinski definition) is 4. The van der Waals surface area contributed by atoms with Crippen LogP contribution in [-0.4, -0.2) is 34.1 Å². The average molecular weight is 498 g/mol. The van der Waals surface area contributed by atoms with Gasteiger partial charge in [-0.15, -0.1) is 35.3 Å². The number of hydrogen-bond donors (Lipinski definition) is 2. The third-order valence-electron chi connectivity index (χ3n) is 4.28. The van der Waals surface area contributed by atoms with Crippen molar-refractivity contribution in [3.63, 3.8) is 0 Å². The van der Waals surface area contributed by atoms with Gasteiger partial charge in [0.15, 0.2) is 5.96 Å². The summed E-state index contributed by atoms with van der Waals surface area (Å²) in [6.07, 6.45) is 3.99. The fourth-order valence-corrected chi connectivity index (χ4v) is 3.70. The van der Waals surface area contributed by atoms with Crippen LogP contribution in [0.1, 0.15) is 29.1 Å². The Kier molecular flexibility index (Phi) is 8.49. The fraction of sp³-hybridized carbons (Fsp3) is 0.421. The normalized spacial score (nSPS) is 11.4. The highest BCUT2D eigenvalue weighted by Crippen LogP contribution is 2.15. The first-order chi connectivity index (χ1) is 12.7. The maximum absolute atomic E-state index is 4.62. The lowest BCUT2D eigenvalue weighted by atomic mass is 10.3. The minimum atomic E-state index is 0. The molecule has 2 heterocycles. The Morgan fingerprint density at radius 3 is 2.81 bits per heavy atom. The van der Waals surface area contributed by atoms with Gasteiger partial charge < -0.3 is 15.2 Å². The van der Waals surface area contributed by atoms with E-state index in [1.54, 1.807) is 18.4 Å². The highest BCUT2D eigenvalue weighted by molar-refractivity contribution is 14.0. The number of fused-ring (bicyclic) bond motifs is 1. The number of imidazole rings is 1. The predicted octanol–water partition coefficient (Wildman–Crippen LogP) is 3.74. The largest absolute Gasteiger partial charge is 0.356 e. The minimum absolute atomic E-state index is 0. The highest BCUT2D eigenvalue weighted by Gasteiger charge is 2.06. The quantitative estimate of drug-likeness (QED) is 0.226. The Labute approximate surface area is 181 Å². The number of aryl methyl sites for hydroxylation is 3. The molecule has 2 N–H and O–H groups in total. The SMILES string of the molecule is CCc1cnc(CNC(=NC)NCCCn2c(C)nc3ccccc32)s1.I. The van der Waals surface area contributed by atoms with Crippen LogP contribution in [0.5, 0.6) is 0 Å². The molecule has 0 spiro atoms. The van der Waals surface area contributed by atoms with Crippen LogP contribution in [0.4, 0.5) is 0 Å². The summed E-state index contributed by atoms with van der Waals surface area (Å²) in [5.74, 6) is 1.87. The highest BCUT2D eigenvalue weighted by atomic mass is 127.